The lowest BCUT2D eigenvalue weighted by Gasteiger charge is -2.24. The molecule has 1 heterocycles. The maximum atomic E-state index is 12.0. The number of hydrogen-bond acceptors (Lipinski definition) is 2. The molecule has 0 spiro atoms. The maximum absolute atomic E-state index is 12.0. The fourth-order valence-electron chi connectivity index (χ4n) is 1.96. The van der Waals surface area contributed by atoms with Crippen molar-refractivity contribution in [1.82, 2.24) is 15.2 Å². The summed E-state index contributed by atoms with van der Waals surface area (Å²) in [5.41, 5.74) is 1.09. The highest BCUT2D eigenvalue weighted by Gasteiger charge is 2.17. The number of aromatic nitrogens is 1. The average Bonchev–Trinajstić information content (AvgIpc) is 2.83. The molecule has 4 nitrogen and oxygen atoms in total. The van der Waals surface area contributed by atoms with E-state index in [1.165, 1.54) is 5.56 Å². The molecule has 4 heteroatoms. The van der Waals surface area contributed by atoms with E-state index >= 15 is 0 Å². The number of carbonyl (C=O) groups is 1. The minimum atomic E-state index is -0.136. The second-order valence-corrected chi connectivity index (χ2v) is 6.08. The molecule has 1 unspecified atom stereocenters. The number of nitrogens with one attached hydrogen (secondary N) is 2. The number of hydrogen-bond donors (Lipinski definition) is 2. The van der Waals surface area contributed by atoms with Crippen LogP contribution in [0.15, 0.2) is 18.5 Å². The van der Waals surface area contributed by atoms with E-state index in [2.05, 4.69) is 37.5 Å². The number of rotatable bonds is 8. The summed E-state index contributed by atoms with van der Waals surface area (Å²) in [5, 5.41) is 6.50. The molecule has 0 aromatic carbocycles. The smallest absolute Gasteiger partial charge is 0.240 e. The SMILES string of the molecule is CCCNC(C)c1ccn(CC(=O)NC(C)(C)CC)c1. The van der Waals surface area contributed by atoms with Crippen LogP contribution in [-0.2, 0) is 11.3 Å². The zero-order valence-corrected chi connectivity index (χ0v) is 13.5. The molecule has 0 aliphatic heterocycles. The Morgan fingerprint density at radius 3 is 2.70 bits per heavy atom. The first kappa shape index (κ1) is 16.8. The van der Waals surface area contributed by atoms with Crippen LogP contribution >= 0.6 is 0 Å². The summed E-state index contributed by atoms with van der Waals surface area (Å²) in [7, 11) is 0. The first-order valence-corrected chi connectivity index (χ1v) is 7.58. The molecule has 1 aromatic heterocycles. The van der Waals surface area contributed by atoms with E-state index in [0.717, 1.165) is 19.4 Å². The Balaban J connectivity index is 2.53. The van der Waals surface area contributed by atoms with Crippen molar-refractivity contribution in [1.29, 1.82) is 0 Å². The summed E-state index contributed by atoms with van der Waals surface area (Å²) in [6.07, 6.45) is 6.07. The van der Waals surface area contributed by atoms with E-state index in [1.54, 1.807) is 0 Å². The van der Waals surface area contributed by atoms with Gasteiger partial charge in [-0.3, -0.25) is 4.79 Å². The first-order valence-electron chi connectivity index (χ1n) is 7.58. The average molecular weight is 279 g/mol. The van der Waals surface area contributed by atoms with E-state index in [9.17, 15) is 4.79 Å². The van der Waals surface area contributed by atoms with Crippen molar-refractivity contribution in [3.8, 4) is 0 Å². The van der Waals surface area contributed by atoms with Gasteiger partial charge in [0.05, 0.1) is 0 Å². The van der Waals surface area contributed by atoms with Gasteiger partial charge in [-0.2, -0.15) is 0 Å². The highest BCUT2D eigenvalue weighted by Crippen LogP contribution is 2.13. The minimum absolute atomic E-state index is 0.0631. The van der Waals surface area contributed by atoms with E-state index in [-0.39, 0.29) is 11.4 Å². The Hall–Kier alpha value is -1.29. The zero-order chi connectivity index (χ0) is 15.2. The fourth-order valence-corrected chi connectivity index (χ4v) is 1.96. The van der Waals surface area contributed by atoms with E-state index in [0.29, 0.717) is 12.6 Å². The van der Waals surface area contributed by atoms with Crippen LogP contribution in [0.3, 0.4) is 0 Å². The van der Waals surface area contributed by atoms with Gasteiger partial charge < -0.3 is 15.2 Å². The summed E-state index contributed by atoms with van der Waals surface area (Å²) in [6, 6.07) is 2.40. The lowest BCUT2D eigenvalue weighted by molar-refractivity contribution is -0.123. The van der Waals surface area contributed by atoms with Crippen molar-refractivity contribution in [2.45, 2.75) is 65.6 Å². The van der Waals surface area contributed by atoms with E-state index in [4.69, 9.17) is 0 Å². The summed E-state index contributed by atoms with van der Waals surface area (Å²) < 4.78 is 1.94. The molecule has 0 aliphatic rings. The van der Waals surface area contributed by atoms with Gasteiger partial charge in [0.25, 0.3) is 0 Å². The van der Waals surface area contributed by atoms with Crippen molar-refractivity contribution in [3.05, 3.63) is 24.0 Å². The number of nitrogens with zero attached hydrogens (tertiary/aromatic N) is 1. The summed E-state index contributed by atoms with van der Waals surface area (Å²) >= 11 is 0. The van der Waals surface area contributed by atoms with E-state index < -0.39 is 0 Å². The molecule has 0 radical (unpaired) electrons. The summed E-state index contributed by atoms with van der Waals surface area (Å²) in [6.45, 7) is 11.9. The van der Waals surface area contributed by atoms with Gasteiger partial charge in [0.1, 0.15) is 6.54 Å². The van der Waals surface area contributed by atoms with Crippen LogP contribution in [0.25, 0.3) is 0 Å². The van der Waals surface area contributed by atoms with Crippen LogP contribution < -0.4 is 10.6 Å². The first-order chi connectivity index (χ1) is 9.38. The molecule has 0 aliphatic carbocycles. The molecule has 114 valence electrons. The molecule has 2 N–H and O–H groups in total. The van der Waals surface area contributed by atoms with Crippen LogP contribution in [0.5, 0.6) is 0 Å². The van der Waals surface area contributed by atoms with Gasteiger partial charge in [0, 0.05) is 24.0 Å². The molecule has 1 rings (SSSR count). The second-order valence-electron chi connectivity index (χ2n) is 6.08. The molecule has 0 saturated carbocycles. The fraction of sp³-hybridized carbons (Fsp3) is 0.688. The third-order valence-corrected chi connectivity index (χ3v) is 3.66. The second kappa shape index (κ2) is 7.48. The number of carbonyl (C=O) groups excluding carboxylic acids is 1. The topological polar surface area (TPSA) is 46.1 Å². The molecule has 0 bridgehead atoms. The zero-order valence-electron chi connectivity index (χ0n) is 13.5. The highest BCUT2D eigenvalue weighted by molar-refractivity contribution is 5.76. The van der Waals surface area contributed by atoms with Gasteiger partial charge in [0.15, 0.2) is 0 Å². The van der Waals surface area contributed by atoms with Gasteiger partial charge in [-0.25, -0.2) is 0 Å². The van der Waals surface area contributed by atoms with Gasteiger partial charge in [-0.1, -0.05) is 13.8 Å². The van der Waals surface area contributed by atoms with Crippen molar-refractivity contribution in [2.75, 3.05) is 6.54 Å². The third-order valence-electron chi connectivity index (χ3n) is 3.66. The number of amides is 1. The van der Waals surface area contributed by atoms with Crippen molar-refractivity contribution in [2.24, 2.45) is 0 Å². The Morgan fingerprint density at radius 1 is 1.40 bits per heavy atom. The van der Waals surface area contributed by atoms with Crippen LogP contribution in [-0.4, -0.2) is 22.6 Å². The van der Waals surface area contributed by atoms with Crippen LogP contribution in [0, 0.1) is 0 Å². The maximum Gasteiger partial charge on any atom is 0.240 e. The van der Waals surface area contributed by atoms with Crippen molar-refractivity contribution >= 4 is 5.91 Å². The molecular weight excluding hydrogens is 250 g/mol. The van der Waals surface area contributed by atoms with Gasteiger partial charge in [-0.05, 0) is 51.8 Å². The normalized spacial score (nSPS) is 13.2. The highest BCUT2D eigenvalue weighted by atomic mass is 16.2. The predicted octanol–water partition coefficient (Wildman–Crippen LogP) is 2.85. The molecule has 1 amide bonds. The molecule has 1 atom stereocenters. The lowest BCUT2D eigenvalue weighted by atomic mass is 10.0. The van der Waals surface area contributed by atoms with Gasteiger partial charge in [0.2, 0.25) is 5.91 Å². The third kappa shape index (κ3) is 5.37. The lowest BCUT2D eigenvalue weighted by Crippen LogP contribution is -2.44. The largest absolute Gasteiger partial charge is 0.350 e. The van der Waals surface area contributed by atoms with Crippen molar-refractivity contribution in [3.63, 3.8) is 0 Å². The Kier molecular flexibility index (Phi) is 6.27. The monoisotopic (exact) mass is 279 g/mol. The van der Waals surface area contributed by atoms with Gasteiger partial charge in [-0.15, -0.1) is 0 Å². The van der Waals surface area contributed by atoms with Crippen LogP contribution in [0.4, 0.5) is 0 Å². The molecule has 0 fully saturated rings. The molecule has 0 saturated heterocycles. The molecule has 1 aromatic rings. The minimum Gasteiger partial charge on any atom is -0.350 e. The Morgan fingerprint density at radius 2 is 2.10 bits per heavy atom. The molecule has 20 heavy (non-hydrogen) atoms. The summed E-state index contributed by atoms with van der Waals surface area (Å²) in [5.74, 6) is 0.0631. The Bertz CT molecular complexity index is 423. The standard InChI is InChI=1S/C16H29N3O/c1-6-9-17-13(3)14-8-10-19(11-14)12-15(20)18-16(4,5)7-2/h8,10-11,13,17H,6-7,9,12H2,1-5H3,(H,18,20). The van der Waals surface area contributed by atoms with Crippen molar-refractivity contribution < 1.29 is 4.79 Å². The summed E-state index contributed by atoms with van der Waals surface area (Å²) in [4.78, 5) is 12.0. The van der Waals surface area contributed by atoms with E-state index in [1.807, 2.05) is 30.8 Å². The molecular formula is C16H29N3O. The van der Waals surface area contributed by atoms with Crippen LogP contribution in [0.1, 0.15) is 59.1 Å². The van der Waals surface area contributed by atoms with Crippen LogP contribution in [0.2, 0.25) is 0 Å². The quantitative estimate of drug-likeness (QED) is 0.768. The predicted molar refractivity (Wildman–Crippen MR) is 83.7 cm³/mol. The Labute approximate surface area is 122 Å². The van der Waals surface area contributed by atoms with Gasteiger partial charge >= 0.3 is 0 Å².